The number of phenols is 1. The molecule has 1 aromatic heterocycles. The van der Waals surface area contributed by atoms with Gasteiger partial charge in [0.05, 0.1) is 19.3 Å². The summed E-state index contributed by atoms with van der Waals surface area (Å²) < 4.78 is 6.79. The van der Waals surface area contributed by atoms with E-state index in [9.17, 15) is 19.5 Å². The van der Waals surface area contributed by atoms with Gasteiger partial charge in [-0.2, -0.15) is 0 Å². The summed E-state index contributed by atoms with van der Waals surface area (Å²) in [5.74, 6) is -0.598. The van der Waals surface area contributed by atoms with Gasteiger partial charge >= 0.3 is 11.7 Å². The van der Waals surface area contributed by atoms with E-state index in [2.05, 4.69) is 4.74 Å². The maximum Gasteiger partial charge on any atom is 0.332 e. The number of ether oxygens (including phenoxy) is 1. The van der Waals surface area contributed by atoms with E-state index in [-0.39, 0.29) is 12.3 Å². The minimum absolute atomic E-state index is 0.102. The number of benzene rings is 2. The molecule has 2 aromatic carbocycles. The minimum atomic E-state index is -0.699. The van der Waals surface area contributed by atoms with Gasteiger partial charge in [0.1, 0.15) is 12.3 Å². The van der Waals surface area contributed by atoms with E-state index in [4.69, 9.17) is 11.6 Å². The van der Waals surface area contributed by atoms with E-state index in [1.807, 2.05) is 0 Å². The Morgan fingerprint density at radius 1 is 1.04 bits per heavy atom. The zero-order valence-corrected chi connectivity index (χ0v) is 15.7. The number of methoxy groups -OCH3 is 1. The molecule has 0 aliphatic carbocycles. The zero-order chi connectivity index (χ0) is 20.3. The predicted octanol–water partition coefficient (Wildman–Crippen LogP) is 2.26. The smallest absolute Gasteiger partial charge is 0.332 e. The average Bonchev–Trinajstić information content (AvgIpc) is 2.69. The van der Waals surface area contributed by atoms with Crippen molar-refractivity contribution in [3.63, 3.8) is 0 Å². The van der Waals surface area contributed by atoms with Crippen molar-refractivity contribution in [2.24, 2.45) is 0 Å². The van der Waals surface area contributed by atoms with Crippen molar-refractivity contribution >= 4 is 17.6 Å². The number of nitrogens with zero attached hydrogens (tertiary/aromatic N) is 2. The number of rotatable bonds is 5. The van der Waals surface area contributed by atoms with E-state index in [0.717, 1.165) is 10.1 Å². The monoisotopic (exact) mass is 400 g/mol. The van der Waals surface area contributed by atoms with Crippen molar-refractivity contribution in [1.82, 2.24) is 9.13 Å². The Hall–Kier alpha value is -3.32. The highest BCUT2D eigenvalue weighted by Gasteiger charge is 2.16. The molecule has 1 N–H and O–H groups in total. The number of aromatic hydroxyl groups is 1. The standard InChI is InChI=1S/C20H17ClN2O5/c1-28-19(26)12-23-18(25)10-17(14-4-6-15(21)7-5-14)22(20(23)27)11-13-2-8-16(24)9-3-13/h2-10,24H,11-12H2,1H3. The Bertz CT molecular complexity index is 1120. The van der Waals surface area contributed by atoms with Crippen LogP contribution in [-0.2, 0) is 22.6 Å². The molecule has 28 heavy (non-hydrogen) atoms. The molecule has 0 radical (unpaired) electrons. The number of hydrogen-bond donors (Lipinski definition) is 1. The lowest BCUT2D eigenvalue weighted by Gasteiger charge is -2.15. The molecule has 0 saturated carbocycles. The number of carbonyl (C=O) groups is 1. The molecular formula is C20H17ClN2O5. The first-order chi connectivity index (χ1) is 13.4. The third-order valence-electron chi connectivity index (χ3n) is 4.21. The van der Waals surface area contributed by atoms with Crippen LogP contribution in [0.25, 0.3) is 11.3 Å². The maximum absolute atomic E-state index is 13.0. The summed E-state index contributed by atoms with van der Waals surface area (Å²) in [6.07, 6.45) is 0. The Morgan fingerprint density at radius 2 is 1.68 bits per heavy atom. The SMILES string of the molecule is COC(=O)Cn1c(=O)cc(-c2ccc(Cl)cc2)n(Cc2ccc(O)cc2)c1=O. The molecule has 3 aromatic rings. The first-order valence-electron chi connectivity index (χ1n) is 8.34. The van der Waals surface area contributed by atoms with Crippen molar-refractivity contribution in [1.29, 1.82) is 0 Å². The predicted molar refractivity (Wildman–Crippen MR) is 105 cm³/mol. The lowest BCUT2D eigenvalue weighted by atomic mass is 10.1. The van der Waals surface area contributed by atoms with Gasteiger partial charge in [-0.3, -0.25) is 14.2 Å². The quantitative estimate of drug-likeness (QED) is 0.663. The van der Waals surface area contributed by atoms with E-state index in [1.165, 1.54) is 29.9 Å². The molecule has 8 heteroatoms. The number of halogens is 1. The van der Waals surface area contributed by atoms with Crippen molar-refractivity contribution in [2.45, 2.75) is 13.1 Å². The second-order valence-corrected chi connectivity index (χ2v) is 6.51. The van der Waals surface area contributed by atoms with Gasteiger partial charge in [0, 0.05) is 11.1 Å². The fourth-order valence-electron chi connectivity index (χ4n) is 2.75. The van der Waals surface area contributed by atoms with E-state index in [1.54, 1.807) is 36.4 Å². The first kappa shape index (κ1) is 19.4. The van der Waals surface area contributed by atoms with Crippen molar-refractivity contribution < 1.29 is 14.6 Å². The van der Waals surface area contributed by atoms with Gasteiger partial charge in [0.15, 0.2) is 0 Å². The average molecular weight is 401 g/mol. The summed E-state index contributed by atoms with van der Waals surface area (Å²) in [5.41, 5.74) is 0.500. The normalized spacial score (nSPS) is 10.6. The van der Waals surface area contributed by atoms with Gasteiger partial charge in [-0.15, -0.1) is 0 Å². The van der Waals surface area contributed by atoms with E-state index >= 15 is 0 Å². The van der Waals surface area contributed by atoms with Gasteiger partial charge in [-0.25, -0.2) is 9.36 Å². The summed E-state index contributed by atoms with van der Waals surface area (Å²) in [5, 5.41) is 9.99. The highest BCUT2D eigenvalue weighted by atomic mass is 35.5. The molecule has 0 aliphatic rings. The number of carbonyl (C=O) groups excluding carboxylic acids is 1. The summed E-state index contributed by atoms with van der Waals surface area (Å²) in [4.78, 5) is 37.1. The minimum Gasteiger partial charge on any atom is -0.508 e. The van der Waals surface area contributed by atoms with E-state index < -0.39 is 23.8 Å². The molecule has 7 nitrogen and oxygen atoms in total. The second kappa shape index (κ2) is 8.14. The van der Waals surface area contributed by atoms with Gasteiger partial charge < -0.3 is 9.84 Å². The van der Waals surface area contributed by atoms with Crippen LogP contribution in [0.2, 0.25) is 5.02 Å². The van der Waals surface area contributed by atoms with Crippen LogP contribution in [0.5, 0.6) is 5.75 Å². The van der Waals surface area contributed by atoms with Crippen molar-refractivity contribution in [3.05, 3.63) is 86.0 Å². The Kier molecular flexibility index (Phi) is 5.65. The molecule has 3 rings (SSSR count). The van der Waals surface area contributed by atoms with Crippen molar-refractivity contribution in [3.8, 4) is 17.0 Å². The number of phenolic OH excluding ortho intramolecular Hbond substituents is 1. The third kappa shape index (κ3) is 4.15. The molecule has 0 amide bonds. The summed E-state index contributed by atoms with van der Waals surface area (Å²) in [6, 6.07) is 14.4. The first-order valence-corrected chi connectivity index (χ1v) is 8.72. The number of esters is 1. The van der Waals surface area contributed by atoms with Crippen LogP contribution in [0.15, 0.2) is 64.2 Å². The Labute approximate surface area is 165 Å². The van der Waals surface area contributed by atoms with Crippen molar-refractivity contribution in [2.75, 3.05) is 7.11 Å². The molecule has 0 aliphatic heterocycles. The molecule has 0 unspecified atom stereocenters. The van der Waals surface area contributed by atoms with Crippen LogP contribution < -0.4 is 11.2 Å². The lowest BCUT2D eigenvalue weighted by Crippen LogP contribution is -2.42. The third-order valence-corrected chi connectivity index (χ3v) is 4.46. The Morgan fingerprint density at radius 3 is 2.29 bits per heavy atom. The number of hydrogen-bond acceptors (Lipinski definition) is 5. The van der Waals surface area contributed by atoms with Gasteiger partial charge in [-0.1, -0.05) is 35.9 Å². The fourth-order valence-corrected chi connectivity index (χ4v) is 2.88. The molecule has 144 valence electrons. The topological polar surface area (TPSA) is 90.5 Å². The van der Waals surface area contributed by atoms with E-state index in [0.29, 0.717) is 16.3 Å². The van der Waals surface area contributed by atoms with Crippen LogP contribution in [0, 0.1) is 0 Å². The summed E-state index contributed by atoms with van der Waals surface area (Å²) in [6.45, 7) is -0.344. The summed E-state index contributed by atoms with van der Waals surface area (Å²) in [7, 11) is 1.18. The second-order valence-electron chi connectivity index (χ2n) is 6.07. The largest absolute Gasteiger partial charge is 0.508 e. The van der Waals surface area contributed by atoms with Crippen LogP contribution in [0.1, 0.15) is 5.56 Å². The Balaban J connectivity index is 2.18. The van der Waals surface area contributed by atoms with Crippen LogP contribution in [0.3, 0.4) is 0 Å². The molecule has 0 atom stereocenters. The lowest BCUT2D eigenvalue weighted by molar-refractivity contribution is -0.141. The van der Waals surface area contributed by atoms with Crippen LogP contribution in [0.4, 0.5) is 0 Å². The van der Waals surface area contributed by atoms with Crippen LogP contribution >= 0.6 is 11.6 Å². The maximum atomic E-state index is 13.0. The van der Waals surface area contributed by atoms with Gasteiger partial charge in [-0.05, 0) is 35.4 Å². The van der Waals surface area contributed by atoms with Crippen LogP contribution in [-0.4, -0.2) is 27.3 Å². The molecule has 0 bridgehead atoms. The highest BCUT2D eigenvalue weighted by Crippen LogP contribution is 2.21. The van der Waals surface area contributed by atoms with Gasteiger partial charge in [0.25, 0.3) is 5.56 Å². The zero-order valence-electron chi connectivity index (χ0n) is 15.0. The summed E-state index contributed by atoms with van der Waals surface area (Å²) >= 11 is 5.94. The molecule has 1 heterocycles. The molecule has 0 spiro atoms. The number of aromatic nitrogens is 2. The molecular weight excluding hydrogens is 384 g/mol. The molecule has 0 fully saturated rings. The van der Waals surface area contributed by atoms with Gasteiger partial charge in [0.2, 0.25) is 0 Å². The fraction of sp³-hybridized carbons (Fsp3) is 0.150. The highest BCUT2D eigenvalue weighted by molar-refractivity contribution is 6.30. The molecule has 0 saturated heterocycles.